The van der Waals surface area contributed by atoms with Crippen LogP contribution in [0.1, 0.15) is 49.1 Å². The van der Waals surface area contributed by atoms with E-state index in [4.69, 9.17) is 4.74 Å². The summed E-state index contributed by atoms with van der Waals surface area (Å²) in [5, 5.41) is 5.89. The van der Waals surface area contributed by atoms with Crippen molar-refractivity contribution in [2.75, 3.05) is 0 Å². The molecule has 4 aromatic rings. The van der Waals surface area contributed by atoms with Crippen molar-refractivity contribution in [2.45, 2.75) is 26.6 Å². The van der Waals surface area contributed by atoms with Crippen LogP contribution in [0.3, 0.4) is 0 Å². The Hall–Kier alpha value is -4.38. The Kier molecular flexibility index (Phi) is 7.58. The molecule has 0 saturated carbocycles. The fourth-order valence-electron chi connectivity index (χ4n) is 3.54. The van der Waals surface area contributed by atoms with E-state index in [-0.39, 0.29) is 11.8 Å². The lowest BCUT2D eigenvalue weighted by Crippen LogP contribution is -2.41. The van der Waals surface area contributed by atoms with Crippen LogP contribution < -0.4 is 15.4 Å². The van der Waals surface area contributed by atoms with Crippen LogP contribution in [0.2, 0.25) is 0 Å². The van der Waals surface area contributed by atoms with Gasteiger partial charge in [0, 0.05) is 11.1 Å². The molecule has 0 aromatic heterocycles. The Morgan fingerprint density at radius 3 is 1.63 bits per heavy atom. The van der Waals surface area contributed by atoms with Gasteiger partial charge in [-0.15, -0.1) is 0 Å². The van der Waals surface area contributed by atoms with Crippen molar-refractivity contribution in [3.63, 3.8) is 0 Å². The van der Waals surface area contributed by atoms with Crippen molar-refractivity contribution < 1.29 is 14.3 Å². The second kappa shape index (κ2) is 11.2. The molecule has 4 aromatic carbocycles. The first kappa shape index (κ1) is 23.8. The maximum Gasteiger partial charge on any atom is 0.253 e. The normalized spacial score (nSPS) is 10.6. The molecule has 0 heterocycles. The lowest BCUT2D eigenvalue weighted by molar-refractivity contribution is 0.0883. The summed E-state index contributed by atoms with van der Waals surface area (Å²) in [6.45, 7) is 4.39. The average Bonchev–Trinajstić information content (AvgIpc) is 2.88. The van der Waals surface area contributed by atoms with Crippen molar-refractivity contribution in [1.29, 1.82) is 0 Å². The maximum absolute atomic E-state index is 12.9. The van der Waals surface area contributed by atoms with Gasteiger partial charge in [-0.25, -0.2) is 0 Å². The van der Waals surface area contributed by atoms with Crippen molar-refractivity contribution in [2.24, 2.45) is 0 Å². The molecule has 2 amide bonds. The predicted octanol–water partition coefficient (Wildman–Crippen LogP) is 5.74. The lowest BCUT2D eigenvalue weighted by atomic mass is 10.1. The fraction of sp³-hybridized carbons (Fsp3) is 0.133. The van der Waals surface area contributed by atoms with Crippen LogP contribution in [0.15, 0.2) is 103 Å². The third kappa shape index (κ3) is 6.58. The van der Waals surface area contributed by atoms with E-state index in [0.717, 1.165) is 22.3 Å². The first-order valence-electron chi connectivity index (χ1n) is 11.5. The van der Waals surface area contributed by atoms with Crippen molar-refractivity contribution in [1.82, 2.24) is 10.6 Å². The topological polar surface area (TPSA) is 67.4 Å². The summed E-state index contributed by atoms with van der Waals surface area (Å²) < 4.78 is 5.88. The van der Waals surface area contributed by atoms with Gasteiger partial charge in [-0.1, -0.05) is 77.9 Å². The molecular formula is C30H28N2O3. The summed E-state index contributed by atoms with van der Waals surface area (Å²) in [5.41, 5.74) is 4.98. The Morgan fingerprint density at radius 1 is 0.657 bits per heavy atom. The first-order chi connectivity index (χ1) is 17.0. The summed E-state index contributed by atoms with van der Waals surface area (Å²) in [6, 6.07) is 31.9. The van der Waals surface area contributed by atoms with Gasteiger partial charge in [0.2, 0.25) is 0 Å². The van der Waals surface area contributed by atoms with E-state index in [1.54, 1.807) is 24.3 Å². The summed E-state index contributed by atoms with van der Waals surface area (Å²) in [7, 11) is 0. The van der Waals surface area contributed by atoms with E-state index in [1.165, 1.54) is 0 Å². The van der Waals surface area contributed by atoms with Crippen LogP contribution >= 0.6 is 0 Å². The third-order valence-corrected chi connectivity index (χ3v) is 5.64. The number of carbonyl (C=O) groups excluding carboxylic acids is 2. The highest BCUT2D eigenvalue weighted by Crippen LogP contribution is 2.19. The Balaban J connectivity index is 1.51. The molecule has 0 aliphatic rings. The van der Waals surface area contributed by atoms with E-state index >= 15 is 0 Å². The first-order valence-corrected chi connectivity index (χ1v) is 11.5. The molecule has 0 spiro atoms. The van der Waals surface area contributed by atoms with Crippen LogP contribution in [0.4, 0.5) is 0 Å². The van der Waals surface area contributed by atoms with Crippen LogP contribution in [0, 0.1) is 13.8 Å². The van der Waals surface area contributed by atoms with Crippen molar-refractivity contribution in [3.05, 3.63) is 137 Å². The molecule has 176 valence electrons. The molecule has 0 fully saturated rings. The standard InChI is InChI=1S/C30H28N2O3/c1-21-8-12-25(13-9-21)29(33)31-28(32-30(34)26-14-10-22(2)11-15-26)24-16-18-27(19-17-24)35-20-23-6-4-3-5-7-23/h3-19,28H,20H2,1-2H3,(H,31,33)(H,32,34). The molecule has 0 saturated heterocycles. The van der Waals surface area contributed by atoms with Crippen molar-refractivity contribution >= 4 is 11.8 Å². The fourth-order valence-corrected chi connectivity index (χ4v) is 3.54. The predicted molar refractivity (Wildman–Crippen MR) is 137 cm³/mol. The van der Waals surface area contributed by atoms with E-state index in [2.05, 4.69) is 10.6 Å². The number of hydrogen-bond donors (Lipinski definition) is 2. The van der Waals surface area contributed by atoms with Gasteiger partial charge in [-0.2, -0.15) is 0 Å². The van der Waals surface area contributed by atoms with Gasteiger partial charge in [0.15, 0.2) is 0 Å². The molecule has 2 N–H and O–H groups in total. The minimum Gasteiger partial charge on any atom is -0.489 e. The molecule has 5 nitrogen and oxygen atoms in total. The zero-order chi connectivity index (χ0) is 24.6. The van der Waals surface area contributed by atoms with Crippen LogP contribution in [-0.4, -0.2) is 11.8 Å². The Morgan fingerprint density at radius 2 is 1.14 bits per heavy atom. The number of hydrogen-bond acceptors (Lipinski definition) is 3. The molecule has 0 radical (unpaired) electrons. The van der Waals surface area contributed by atoms with E-state index < -0.39 is 6.17 Å². The second-order valence-corrected chi connectivity index (χ2v) is 8.46. The number of aryl methyl sites for hydroxylation is 2. The number of rotatable bonds is 8. The van der Waals surface area contributed by atoms with E-state index in [9.17, 15) is 9.59 Å². The van der Waals surface area contributed by atoms with Crippen LogP contribution in [0.5, 0.6) is 5.75 Å². The van der Waals surface area contributed by atoms with Gasteiger partial charge in [-0.3, -0.25) is 9.59 Å². The van der Waals surface area contributed by atoms with E-state index in [1.807, 2.05) is 92.7 Å². The summed E-state index contributed by atoms with van der Waals surface area (Å²) >= 11 is 0. The summed E-state index contributed by atoms with van der Waals surface area (Å²) in [6.07, 6.45) is -0.722. The number of carbonyl (C=O) groups is 2. The summed E-state index contributed by atoms with van der Waals surface area (Å²) in [5.74, 6) is 0.151. The highest BCUT2D eigenvalue weighted by atomic mass is 16.5. The number of benzene rings is 4. The molecule has 4 rings (SSSR count). The number of ether oxygens (including phenoxy) is 1. The number of nitrogens with one attached hydrogen (secondary N) is 2. The van der Waals surface area contributed by atoms with Gasteiger partial charge >= 0.3 is 0 Å². The molecule has 5 heteroatoms. The smallest absolute Gasteiger partial charge is 0.253 e. The van der Waals surface area contributed by atoms with E-state index in [0.29, 0.717) is 23.5 Å². The lowest BCUT2D eigenvalue weighted by Gasteiger charge is -2.21. The summed E-state index contributed by atoms with van der Waals surface area (Å²) in [4.78, 5) is 25.9. The highest BCUT2D eigenvalue weighted by molar-refractivity contribution is 5.96. The third-order valence-electron chi connectivity index (χ3n) is 5.64. The average molecular weight is 465 g/mol. The maximum atomic E-state index is 12.9. The molecule has 0 aliphatic carbocycles. The zero-order valence-corrected chi connectivity index (χ0v) is 19.8. The Labute approximate surface area is 205 Å². The van der Waals surface area contributed by atoms with Gasteiger partial charge in [0.05, 0.1) is 0 Å². The van der Waals surface area contributed by atoms with Crippen LogP contribution in [-0.2, 0) is 6.61 Å². The molecule has 35 heavy (non-hydrogen) atoms. The van der Waals surface area contributed by atoms with Gasteiger partial charge < -0.3 is 15.4 Å². The quantitative estimate of drug-likeness (QED) is 0.327. The molecule has 0 atom stereocenters. The largest absolute Gasteiger partial charge is 0.489 e. The van der Waals surface area contributed by atoms with Crippen LogP contribution in [0.25, 0.3) is 0 Å². The minimum atomic E-state index is -0.722. The molecular weight excluding hydrogens is 436 g/mol. The highest BCUT2D eigenvalue weighted by Gasteiger charge is 2.19. The minimum absolute atomic E-state index is 0.274. The molecule has 0 aliphatic heterocycles. The molecule has 0 bridgehead atoms. The molecule has 0 unspecified atom stereocenters. The van der Waals surface area contributed by atoms with Gasteiger partial charge in [0.1, 0.15) is 18.5 Å². The second-order valence-electron chi connectivity index (χ2n) is 8.46. The van der Waals surface area contributed by atoms with Crippen molar-refractivity contribution in [3.8, 4) is 5.75 Å². The zero-order valence-electron chi connectivity index (χ0n) is 19.8. The Bertz CT molecular complexity index is 1210. The monoisotopic (exact) mass is 464 g/mol. The van der Waals surface area contributed by atoms with Gasteiger partial charge in [-0.05, 0) is 61.4 Å². The van der Waals surface area contributed by atoms with Gasteiger partial charge in [0.25, 0.3) is 11.8 Å². The number of amides is 2. The SMILES string of the molecule is Cc1ccc(C(=O)NC(NC(=O)c2ccc(C)cc2)c2ccc(OCc3ccccc3)cc2)cc1.